The van der Waals surface area contributed by atoms with Crippen molar-refractivity contribution in [2.75, 3.05) is 7.11 Å². The number of aliphatic hydroxyl groups is 2. The molecule has 0 saturated carbocycles. The molecule has 0 aliphatic heterocycles. The van der Waals surface area contributed by atoms with Crippen molar-refractivity contribution in [2.45, 2.75) is 44.5 Å². The van der Waals surface area contributed by atoms with Gasteiger partial charge in [-0.15, -0.1) is 0 Å². The second kappa shape index (κ2) is 3.49. The SMILES string of the molecule is COC(C)(C)C(C)(O)C(C)(O)C(=O)O. The summed E-state index contributed by atoms with van der Waals surface area (Å²) in [6.07, 6.45) is 0. The van der Waals surface area contributed by atoms with Gasteiger partial charge in [0.25, 0.3) is 0 Å². The van der Waals surface area contributed by atoms with Crippen molar-refractivity contribution in [2.24, 2.45) is 0 Å². The van der Waals surface area contributed by atoms with E-state index in [0.717, 1.165) is 6.92 Å². The summed E-state index contributed by atoms with van der Waals surface area (Å²) in [5.74, 6) is -1.49. The van der Waals surface area contributed by atoms with Crippen LogP contribution in [0.4, 0.5) is 0 Å². The third-order valence-electron chi connectivity index (χ3n) is 3.05. The molecule has 0 aromatic rings. The summed E-state index contributed by atoms with van der Waals surface area (Å²) in [6, 6.07) is 0. The van der Waals surface area contributed by atoms with Gasteiger partial charge in [-0.1, -0.05) is 0 Å². The Labute approximate surface area is 83.3 Å². The Kier molecular flexibility index (Phi) is 3.33. The molecule has 0 aliphatic rings. The highest BCUT2D eigenvalue weighted by Gasteiger charge is 2.57. The lowest BCUT2D eigenvalue weighted by molar-refractivity contribution is -0.234. The molecule has 5 heteroatoms. The van der Waals surface area contributed by atoms with E-state index in [-0.39, 0.29) is 0 Å². The number of hydrogen-bond donors (Lipinski definition) is 3. The Bertz CT molecular complexity index is 229. The first-order chi connectivity index (χ1) is 6.00. The van der Waals surface area contributed by atoms with Gasteiger partial charge in [-0.05, 0) is 27.7 Å². The molecular formula is C9H18O5. The molecule has 5 nitrogen and oxygen atoms in total. The maximum absolute atomic E-state index is 10.8. The van der Waals surface area contributed by atoms with Gasteiger partial charge in [0, 0.05) is 7.11 Å². The normalized spacial score (nSPS) is 21.1. The molecule has 0 radical (unpaired) electrons. The van der Waals surface area contributed by atoms with E-state index in [1.807, 2.05) is 0 Å². The van der Waals surface area contributed by atoms with Gasteiger partial charge in [-0.25, -0.2) is 4.79 Å². The van der Waals surface area contributed by atoms with Crippen molar-refractivity contribution >= 4 is 5.97 Å². The number of carbonyl (C=O) groups is 1. The minimum Gasteiger partial charge on any atom is -0.479 e. The standard InChI is InChI=1S/C9H18O5/c1-7(2,14-5)9(4,13)8(3,12)6(10)11/h12-13H,1-5H3,(H,10,11). The zero-order chi connectivity index (χ0) is 11.8. The number of rotatable bonds is 4. The van der Waals surface area contributed by atoms with Gasteiger partial charge in [0.05, 0.1) is 5.60 Å². The van der Waals surface area contributed by atoms with E-state index >= 15 is 0 Å². The quantitative estimate of drug-likeness (QED) is 0.602. The lowest BCUT2D eigenvalue weighted by atomic mass is 9.74. The molecule has 0 heterocycles. The monoisotopic (exact) mass is 206 g/mol. The van der Waals surface area contributed by atoms with E-state index in [1.165, 1.54) is 27.9 Å². The third kappa shape index (κ3) is 1.75. The average molecular weight is 206 g/mol. The summed E-state index contributed by atoms with van der Waals surface area (Å²) in [6.45, 7) is 5.27. The van der Waals surface area contributed by atoms with Crippen molar-refractivity contribution in [3.05, 3.63) is 0 Å². The van der Waals surface area contributed by atoms with Gasteiger partial charge in [0.1, 0.15) is 5.60 Å². The molecule has 0 bridgehead atoms. The number of methoxy groups -OCH3 is 1. The van der Waals surface area contributed by atoms with Crippen LogP contribution in [0.15, 0.2) is 0 Å². The van der Waals surface area contributed by atoms with Crippen LogP contribution in [0, 0.1) is 0 Å². The highest BCUT2D eigenvalue weighted by molar-refractivity contribution is 5.78. The second-order valence-electron chi connectivity index (χ2n) is 4.16. The Morgan fingerprint density at radius 2 is 1.50 bits per heavy atom. The fourth-order valence-electron chi connectivity index (χ4n) is 0.993. The van der Waals surface area contributed by atoms with Gasteiger partial charge in [-0.2, -0.15) is 0 Å². The fraction of sp³-hybridized carbons (Fsp3) is 0.889. The van der Waals surface area contributed by atoms with Gasteiger partial charge in [-0.3, -0.25) is 0 Å². The lowest BCUT2D eigenvalue weighted by Gasteiger charge is -2.45. The molecule has 0 aromatic carbocycles. The summed E-state index contributed by atoms with van der Waals surface area (Å²) in [7, 11) is 1.34. The van der Waals surface area contributed by atoms with Gasteiger partial charge >= 0.3 is 5.97 Å². The zero-order valence-corrected chi connectivity index (χ0v) is 9.16. The summed E-state index contributed by atoms with van der Waals surface area (Å²) >= 11 is 0. The van der Waals surface area contributed by atoms with Crippen LogP contribution in [0.3, 0.4) is 0 Å². The summed E-state index contributed by atoms with van der Waals surface area (Å²) in [5, 5.41) is 28.4. The van der Waals surface area contributed by atoms with Crippen molar-refractivity contribution in [3.63, 3.8) is 0 Å². The maximum atomic E-state index is 10.8. The summed E-state index contributed by atoms with van der Waals surface area (Å²) in [5.41, 5.74) is -5.35. The van der Waals surface area contributed by atoms with Crippen molar-refractivity contribution < 1.29 is 24.9 Å². The molecule has 14 heavy (non-hydrogen) atoms. The number of carboxylic acids is 1. The van der Waals surface area contributed by atoms with Gasteiger partial charge in [0.15, 0.2) is 5.60 Å². The Balaban J connectivity index is 5.24. The van der Waals surface area contributed by atoms with Crippen LogP contribution in [0.25, 0.3) is 0 Å². The molecule has 0 rings (SSSR count). The molecular weight excluding hydrogens is 188 g/mol. The van der Waals surface area contributed by atoms with E-state index in [2.05, 4.69) is 0 Å². The van der Waals surface area contributed by atoms with Crippen molar-refractivity contribution in [3.8, 4) is 0 Å². The molecule has 0 fully saturated rings. The van der Waals surface area contributed by atoms with E-state index in [1.54, 1.807) is 0 Å². The molecule has 3 N–H and O–H groups in total. The minimum absolute atomic E-state index is 1.04. The largest absolute Gasteiger partial charge is 0.479 e. The molecule has 0 spiro atoms. The molecule has 0 aliphatic carbocycles. The number of aliphatic carboxylic acids is 1. The highest BCUT2D eigenvalue weighted by atomic mass is 16.5. The van der Waals surface area contributed by atoms with Crippen molar-refractivity contribution in [1.82, 2.24) is 0 Å². The van der Waals surface area contributed by atoms with Crippen LogP contribution in [0.5, 0.6) is 0 Å². The van der Waals surface area contributed by atoms with Crippen LogP contribution in [-0.4, -0.2) is 45.2 Å². The molecule has 2 atom stereocenters. The smallest absolute Gasteiger partial charge is 0.338 e. The Hall–Kier alpha value is -0.650. The van der Waals surface area contributed by atoms with E-state index in [9.17, 15) is 15.0 Å². The van der Waals surface area contributed by atoms with Crippen LogP contribution in [0.1, 0.15) is 27.7 Å². The summed E-state index contributed by atoms with van der Waals surface area (Å²) in [4.78, 5) is 10.8. The maximum Gasteiger partial charge on any atom is 0.338 e. The van der Waals surface area contributed by atoms with Crippen molar-refractivity contribution in [1.29, 1.82) is 0 Å². The average Bonchev–Trinajstić information content (AvgIpc) is 2.03. The number of carboxylic acid groups (broad SMARTS) is 1. The predicted octanol–water partition coefficient (Wildman–Crippen LogP) is -0.00200. The van der Waals surface area contributed by atoms with Gasteiger partial charge < -0.3 is 20.1 Å². The van der Waals surface area contributed by atoms with Crippen LogP contribution >= 0.6 is 0 Å². The first kappa shape index (κ1) is 13.4. The minimum atomic E-state index is -2.27. The lowest BCUT2D eigenvalue weighted by Crippen LogP contribution is -2.66. The highest BCUT2D eigenvalue weighted by Crippen LogP contribution is 2.34. The fourth-order valence-corrected chi connectivity index (χ4v) is 0.993. The second-order valence-corrected chi connectivity index (χ2v) is 4.16. The van der Waals surface area contributed by atoms with E-state index in [4.69, 9.17) is 9.84 Å². The molecule has 2 unspecified atom stereocenters. The topological polar surface area (TPSA) is 87.0 Å². The molecule has 0 saturated heterocycles. The Morgan fingerprint density at radius 3 is 1.71 bits per heavy atom. The van der Waals surface area contributed by atoms with Crippen LogP contribution in [-0.2, 0) is 9.53 Å². The molecule has 84 valence electrons. The van der Waals surface area contributed by atoms with E-state index < -0.39 is 22.8 Å². The first-order valence-electron chi connectivity index (χ1n) is 4.24. The summed E-state index contributed by atoms with van der Waals surface area (Å²) < 4.78 is 4.97. The first-order valence-corrected chi connectivity index (χ1v) is 4.24. The number of hydrogen-bond acceptors (Lipinski definition) is 4. The van der Waals surface area contributed by atoms with Crippen LogP contribution in [0.2, 0.25) is 0 Å². The molecule has 0 aromatic heterocycles. The van der Waals surface area contributed by atoms with Crippen LogP contribution < -0.4 is 0 Å². The predicted molar refractivity (Wildman–Crippen MR) is 50.0 cm³/mol. The van der Waals surface area contributed by atoms with Gasteiger partial charge in [0.2, 0.25) is 0 Å². The number of ether oxygens (including phenoxy) is 1. The third-order valence-corrected chi connectivity index (χ3v) is 3.05. The Morgan fingerprint density at radius 1 is 1.14 bits per heavy atom. The zero-order valence-electron chi connectivity index (χ0n) is 9.16. The van der Waals surface area contributed by atoms with E-state index in [0.29, 0.717) is 0 Å². The molecule has 0 amide bonds.